The van der Waals surface area contributed by atoms with E-state index in [0.717, 1.165) is 45.2 Å². The first kappa shape index (κ1) is 24.8. The van der Waals surface area contributed by atoms with Gasteiger partial charge in [0.15, 0.2) is 11.3 Å². The average Bonchev–Trinajstić information content (AvgIpc) is 3.72. The molecule has 204 valence electrons. The second kappa shape index (κ2) is 10.1. The Morgan fingerprint density at radius 3 is 1.35 bits per heavy atom. The number of nitrogens with zero attached hydrogens (tertiary/aromatic N) is 8. The van der Waals surface area contributed by atoms with Crippen LogP contribution in [0.2, 0.25) is 0 Å². The van der Waals surface area contributed by atoms with Gasteiger partial charge in [0.2, 0.25) is 0 Å². The van der Waals surface area contributed by atoms with Gasteiger partial charge in [-0.3, -0.25) is 9.13 Å². The monoisotopic (exact) mass is 556 g/mol. The average molecular weight is 557 g/mol. The number of rotatable bonds is 6. The van der Waals surface area contributed by atoms with Crippen molar-refractivity contribution in [3.63, 3.8) is 0 Å². The van der Waals surface area contributed by atoms with Crippen LogP contribution in [-0.4, -0.2) is 39.0 Å². The van der Waals surface area contributed by atoms with Crippen LogP contribution in [0.5, 0.6) is 0 Å². The van der Waals surface area contributed by atoms with E-state index in [2.05, 4.69) is 80.6 Å². The van der Waals surface area contributed by atoms with Crippen molar-refractivity contribution in [3.8, 4) is 11.6 Å². The summed E-state index contributed by atoms with van der Waals surface area (Å²) in [5.41, 5.74) is 6.01. The van der Waals surface area contributed by atoms with Crippen LogP contribution in [0.3, 0.4) is 0 Å². The molecule has 0 atom stereocenters. The predicted octanol–water partition coefficient (Wildman–Crippen LogP) is 6.33. The van der Waals surface area contributed by atoms with Crippen molar-refractivity contribution in [2.45, 2.75) is 5.41 Å². The highest BCUT2D eigenvalue weighted by atomic mass is 15.1. The molecule has 0 bridgehead atoms. The SMILES string of the molecule is c1ccc(C(c2ccccc2)(c2cccc(-n3cnc4ncccc43)n2)c2cccc(-n3cnc4ncccc43)n2)cc1. The molecular formula is C35H24N8. The summed E-state index contributed by atoms with van der Waals surface area (Å²) in [5.74, 6) is 1.49. The summed E-state index contributed by atoms with van der Waals surface area (Å²) in [7, 11) is 0. The van der Waals surface area contributed by atoms with Crippen molar-refractivity contribution in [3.05, 3.63) is 169 Å². The zero-order valence-corrected chi connectivity index (χ0v) is 22.9. The number of hydrogen-bond acceptors (Lipinski definition) is 6. The molecule has 2 aromatic carbocycles. The van der Waals surface area contributed by atoms with Crippen molar-refractivity contribution in [2.75, 3.05) is 0 Å². The highest BCUT2D eigenvalue weighted by Gasteiger charge is 2.41. The molecule has 0 spiro atoms. The molecule has 0 saturated carbocycles. The maximum atomic E-state index is 5.34. The van der Waals surface area contributed by atoms with Crippen LogP contribution in [0, 0.1) is 0 Å². The lowest BCUT2D eigenvalue weighted by molar-refractivity contribution is 0.681. The lowest BCUT2D eigenvalue weighted by atomic mass is 9.69. The lowest BCUT2D eigenvalue weighted by Crippen LogP contribution is -2.33. The Morgan fingerprint density at radius 1 is 0.419 bits per heavy atom. The first-order chi connectivity index (χ1) is 21.3. The molecule has 43 heavy (non-hydrogen) atoms. The third-order valence-corrected chi connectivity index (χ3v) is 7.79. The summed E-state index contributed by atoms with van der Waals surface area (Å²) in [6.45, 7) is 0. The first-order valence-corrected chi connectivity index (χ1v) is 14.0. The summed E-state index contributed by atoms with van der Waals surface area (Å²) in [5, 5.41) is 0. The largest absolute Gasteiger partial charge is 0.281 e. The van der Waals surface area contributed by atoms with Gasteiger partial charge in [0.05, 0.1) is 22.4 Å². The van der Waals surface area contributed by atoms with Gasteiger partial charge >= 0.3 is 0 Å². The Labute approximate surface area is 247 Å². The van der Waals surface area contributed by atoms with Crippen LogP contribution in [0.4, 0.5) is 0 Å². The standard InChI is InChI=1S/C35H24N8/c1-3-11-25(12-4-1)35(26-13-5-2-6-14-26,29-17-7-19-31(40-29)42-23-38-33-27(42)15-9-21-36-33)30-18-8-20-32(41-30)43-24-39-34-28(43)16-10-22-37-34/h1-24H. The number of pyridine rings is 4. The molecule has 0 fully saturated rings. The quantitative estimate of drug-likeness (QED) is 0.238. The second-order valence-corrected chi connectivity index (χ2v) is 10.2. The Morgan fingerprint density at radius 2 is 0.884 bits per heavy atom. The number of fused-ring (bicyclic) bond motifs is 2. The molecule has 0 radical (unpaired) electrons. The van der Waals surface area contributed by atoms with E-state index in [4.69, 9.17) is 9.97 Å². The summed E-state index contributed by atoms with van der Waals surface area (Å²) in [4.78, 5) is 28.5. The van der Waals surface area contributed by atoms with Crippen molar-refractivity contribution in [1.82, 2.24) is 39.0 Å². The fourth-order valence-corrected chi connectivity index (χ4v) is 5.86. The fourth-order valence-electron chi connectivity index (χ4n) is 5.86. The van der Waals surface area contributed by atoms with Gasteiger partial charge in [0.1, 0.15) is 29.7 Å². The Hall–Kier alpha value is -6.02. The van der Waals surface area contributed by atoms with Gasteiger partial charge in [-0.15, -0.1) is 0 Å². The van der Waals surface area contributed by atoms with E-state index in [1.807, 2.05) is 69.8 Å². The number of benzene rings is 2. The molecule has 8 nitrogen and oxygen atoms in total. The molecule has 6 aromatic heterocycles. The van der Waals surface area contributed by atoms with E-state index < -0.39 is 5.41 Å². The van der Waals surface area contributed by atoms with E-state index in [0.29, 0.717) is 11.3 Å². The van der Waals surface area contributed by atoms with Gasteiger partial charge in [-0.25, -0.2) is 29.9 Å². The molecule has 0 amide bonds. The molecule has 8 heteroatoms. The first-order valence-electron chi connectivity index (χ1n) is 14.0. The van der Waals surface area contributed by atoms with E-state index in [1.54, 1.807) is 25.0 Å². The summed E-state index contributed by atoms with van der Waals surface area (Å²) >= 11 is 0. The van der Waals surface area contributed by atoms with Crippen molar-refractivity contribution < 1.29 is 0 Å². The zero-order valence-electron chi connectivity index (χ0n) is 22.9. The van der Waals surface area contributed by atoms with Crippen molar-refractivity contribution in [1.29, 1.82) is 0 Å². The van der Waals surface area contributed by atoms with Crippen LogP contribution in [0.25, 0.3) is 34.0 Å². The van der Waals surface area contributed by atoms with E-state index in [9.17, 15) is 0 Å². The molecule has 0 saturated heterocycles. The summed E-state index contributed by atoms with van der Waals surface area (Å²) in [6.07, 6.45) is 7.04. The molecule has 8 rings (SSSR count). The van der Waals surface area contributed by atoms with Crippen molar-refractivity contribution in [2.24, 2.45) is 0 Å². The minimum absolute atomic E-state index is 0.670. The highest BCUT2D eigenvalue weighted by Crippen LogP contribution is 2.44. The van der Waals surface area contributed by atoms with E-state index in [-0.39, 0.29) is 0 Å². The van der Waals surface area contributed by atoms with Gasteiger partial charge < -0.3 is 0 Å². The number of imidazole rings is 2. The van der Waals surface area contributed by atoms with Crippen LogP contribution in [-0.2, 0) is 5.41 Å². The Balaban J connectivity index is 1.42. The summed E-state index contributed by atoms with van der Waals surface area (Å²) in [6, 6.07) is 40.9. The Kier molecular flexibility index (Phi) is 5.82. The topological polar surface area (TPSA) is 87.2 Å². The third-order valence-electron chi connectivity index (χ3n) is 7.79. The third kappa shape index (κ3) is 3.99. The minimum Gasteiger partial charge on any atom is -0.281 e. The molecule has 8 aromatic rings. The van der Waals surface area contributed by atoms with Crippen LogP contribution < -0.4 is 0 Å². The van der Waals surface area contributed by atoms with Gasteiger partial charge in [-0.2, -0.15) is 0 Å². The number of hydrogen-bond donors (Lipinski definition) is 0. The number of aromatic nitrogens is 8. The summed E-state index contributed by atoms with van der Waals surface area (Å²) < 4.78 is 3.95. The zero-order chi connectivity index (χ0) is 28.6. The normalized spacial score (nSPS) is 11.7. The molecule has 6 heterocycles. The highest BCUT2D eigenvalue weighted by molar-refractivity contribution is 5.73. The lowest BCUT2D eigenvalue weighted by Gasteiger charge is -2.35. The van der Waals surface area contributed by atoms with Crippen molar-refractivity contribution >= 4 is 22.3 Å². The maximum absolute atomic E-state index is 5.34. The van der Waals surface area contributed by atoms with Crippen LogP contribution >= 0.6 is 0 Å². The molecule has 0 aliphatic rings. The van der Waals surface area contributed by atoms with Crippen LogP contribution in [0.15, 0.2) is 146 Å². The predicted molar refractivity (Wildman–Crippen MR) is 165 cm³/mol. The maximum Gasteiger partial charge on any atom is 0.177 e. The molecule has 0 unspecified atom stereocenters. The van der Waals surface area contributed by atoms with Gasteiger partial charge in [0, 0.05) is 12.4 Å². The fraction of sp³-hybridized carbons (Fsp3) is 0.0286. The molecule has 0 N–H and O–H groups in total. The minimum atomic E-state index is -0.849. The molecule has 0 aliphatic carbocycles. The van der Waals surface area contributed by atoms with Gasteiger partial charge in [-0.1, -0.05) is 72.8 Å². The Bertz CT molecular complexity index is 2040. The smallest absolute Gasteiger partial charge is 0.177 e. The van der Waals surface area contributed by atoms with E-state index >= 15 is 0 Å². The van der Waals surface area contributed by atoms with Crippen LogP contribution in [0.1, 0.15) is 22.5 Å². The molecule has 0 aliphatic heterocycles. The second-order valence-electron chi connectivity index (χ2n) is 10.2. The van der Waals surface area contributed by atoms with Gasteiger partial charge in [0.25, 0.3) is 0 Å². The van der Waals surface area contributed by atoms with E-state index in [1.165, 1.54) is 0 Å². The van der Waals surface area contributed by atoms with Gasteiger partial charge in [-0.05, 0) is 59.7 Å². The molecular weight excluding hydrogens is 532 g/mol.